The standard InChI is InChI=1S/C17H26N2OS/c1-14-6-8-16(9-7-14)21-12-4-10-18-17(20)15-5-3-11-19(2)13-15/h6-9,15H,3-5,10-13H2,1-2H3,(H,18,20)/t15-/m0/s1. The number of carbonyl (C=O) groups excluding carboxylic acids is 1. The molecule has 1 aliphatic heterocycles. The summed E-state index contributed by atoms with van der Waals surface area (Å²) in [4.78, 5) is 15.6. The van der Waals surface area contributed by atoms with E-state index < -0.39 is 0 Å². The Kier molecular flexibility index (Phi) is 6.58. The van der Waals surface area contributed by atoms with Crippen molar-refractivity contribution in [2.24, 2.45) is 5.92 Å². The first-order valence-corrected chi connectivity index (χ1v) is 8.79. The van der Waals surface area contributed by atoms with E-state index in [-0.39, 0.29) is 11.8 Å². The van der Waals surface area contributed by atoms with E-state index in [0.717, 1.165) is 44.6 Å². The molecule has 116 valence electrons. The minimum atomic E-state index is 0.188. The van der Waals surface area contributed by atoms with E-state index in [0.29, 0.717) is 0 Å². The van der Waals surface area contributed by atoms with Crippen LogP contribution >= 0.6 is 11.8 Å². The summed E-state index contributed by atoms with van der Waals surface area (Å²) in [5, 5.41) is 3.09. The average Bonchev–Trinajstić information content (AvgIpc) is 2.48. The lowest BCUT2D eigenvalue weighted by atomic mass is 9.98. The summed E-state index contributed by atoms with van der Waals surface area (Å²) in [6, 6.07) is 8.61. The minimum absolute atomic E-state index is 0.188. The lowest BCUT2D eigenvalue weighted by Gasteiger charge is -2.28. The summed E-state index contributed by atoms with van der Waals surface area (Å²) in [5.74, 6) is 1.48. The number of hydrogen-bond acceptors (Lipinski definition) is 3. The summed E-state index contributed by atoms with van der Waals surface area (Å²) < 4.78 is 0. The van der Waals surface area contributed by atoms with Crippen molar-refractivity contribution in [1.29, 1.82) is 0 Å². The molecule has 0 unspecified atom stereocenters. The zero-order chi connectivity index (χ0) is 15.1. The van der Waals surface area contributed by atoms with Gasteiger partial charge in [0.15, 0.2) is 0 Å². The van der Waals surface area contributed by atoms with Crippen molar-refractivity contribution in [2.45, 2.75) is 31.1 Å². The third-order valence-electron chi connectivity index (χ3n) is 3.91. The number of hydrogen-bond donors (Lipinski definition) is 1. The Morgan fingerprint density at radius 1 is 1.38 bits per heavy atom. The summed E-state index contributed by atoms with van der Waals surface area (Å²) in [7, 11) is 2.09. The molecule has 0 bridgehead atoms. The van der Waals surface area contributed by atoms with Crippen LogP contribution in [0.5, 0.6) is 0 Å². The molecule has 1 atom stereocenters. The van der Waals surface area contributed by atoms with Crippen molar-refractivity contribution < 1.29 is 4.79 Å². The molecule has 2 rings (SSSR count). The molecular weight excluding hydrogens is 280 g/mol. The van der Waals surface area contributed by atoms with Crippen LogP contribution in [0.25, 0.3) is 0 Å². The monoisotopic (exact) mass is 306 g/mol. The molecule has 1 amide bonds. The van der Waals surface area contributed by atoms with Gasteiger partial charge in [0.05, 0.1) is 5.92 Å². The van der Waals surface area contributed by atoms with Gasteiger partial charge in [-0.1, -0.05) is 17.7 Å². The van der Waals surface area contributed by atoms with Crippen molar-refractivity contribution in [3.8, 4) is 0 Å². The highest BCUT2D eigenvalue weighted by molar-refractivity contribution is 7.99. The molecule has 1 aromatic carbocycles. The first kappa shape index (κ1) is 16.4. The Hall–Kier alpha value is -1.00. The fourth-order valence-corrected chi connectivity index (χ4v) is 3.49. The molecule has 4 heteroatoms. The topological polar surface area (TPSA) is 32.3 Å². The lowest BCUT2D eigenvalue weighted by Crippen LogP contribution is -2.41. The maximum atomic E-state index is 12.1. The number of aryl methyl sites for hydroxylation is 1. The third-order valence-corrected chi connectivity index (χ3v) is 5.00. The Bertz CT molecular complexity index is 447. The number of nitrogens with zero attached hydrogens (tertiary/aromatic N) is 1. The fourth-order valence-electron chi connectivity index (χ4n) is 2.63. The zero-order valence-corrected chi connectivity index (χ0v) is 13.9. The van der Waals surface area contributed by atoms with E-state index in [2.05, 4.69) is 48.5 Å². The normalized spacial score (nSPS) is 19.4. The molecule has 21 heavy (non-hydrogen) atoms. The van der Waals surface area contributed by atoms with Gasteiger partial charge in [-0.2, -0.15) is 0 Å². The van der Waals surface area contributed by atoms with Crippen molar-refractivity contribution in [3.05, 3.63) is 29.8 Å². The van der Waals surface area contributed by atoms with Crippen LogP contribution < -0.4 is 5.32 Å². The lowest BCUT2D eigenvalue weighted by molar-refractivity contribution is -0.126. The van der Waals surface area contributed by atoms with Crippen LogP contribution in [0.2, 0.25) is 0 Å². The maximum Gasteiger partial charge on any atom is 0.224 e. The number of benzene rings is 1. The molecule has 1 fully saturated rings. The minimum Gasteiger partial charge on any atom is -0.356 e. The Morgan fingerprint density at radius 2 is 2.14 bits per heavy atom. The number of amides is 1. The second-order valence-corrected chi connectivity index (χ2v) is 7.08. The molecule has 0 aliphatic carbocycles. The summed E-state index contributed by atoms with van der Waals surface area (Å²) in [6.45, 7) is 4.92. The van der Waals surface area contributed by atoms with E-state index in [9.17, 15) is 4.79 Å². The number of thioether (sulfide) groups is 1. The third kappa shape index (κ3) is 5.71. The van der Waals surface area contributed by atoms with Gasteiger partial charge in [0.25, 0.3) is 0 Å². The molecule has 1 saturated heterocycles. The molecule has 1 N–H and O–H groups in total. The largest absolute Gasteiger partial charge is 0.356 e. The van der Waals surface area contributed by atoms with Gasteiger partial charge in [-0.15, -0.1) is 11.8 Å². The van der Waals surface area contributed by atoms with Crippen LogP contribution in [-0.4, -0.2) is 43.2 Å². The highest BCUT2D eigenvalue weighted by Gasteiger charge is 2.23. The second-order valence-electron chi connectivity index (χ2n) is 5.91. The molecule has 0 aromatic heterocycles. The van der Waals surface area contributed by atoms with Crippen LogP contribution in [0, 0.1) is 12.8 Å². The number of nitrogens with one attached hydrogen (secondary N) is 1. The predicted molar refractivity (Wildman–Crippen MR) is 89.8 cm³/mol. The molecule has 1 heterocycles. The quantitative estimate of drug-likeness (QED) is 0.648. The molecule has 3 nitrogen and oxygen atoms in total. The van der Waals surface area contributed by atoms with Crippen LogP contribution in [-0.2, 0) is 4.79 Å². The summed E-state index contributed by atoms with van der Waals surface area (Å²) in [6.07, 6.45) is 3.19. The average molecular weight is 306 g/mol. The first-order chi connectivity index (χ1) is 10.1. The molecule has 0 radical (unpaired) electrons. The van der Waals surface area contributed by atoms with Crippen LogP contribution in [0.1, 0.15) is 24.8 Å². The molecule has 1 aliphatic rings. The van der Waals surface area contributed by atoms with Gasteiger partial charge in [0.2, 0.25) is 5.91 Å². The predicted octanol–water partition coefficient (Wildman–Crippen LogP) is 2.94. The van der Waals surface area contributed by atoms with Gasteiger partial charge in [-0.25, -0.2) is 0 Å². The van der Waals surface area contributed by atoms with Crippen molar-refractivity contribution in [2.75, 3.05) is 32.4 Å². The van der Waals surface area contributed by atoms with E-state index >= 15 is 0 Å². The Balaban J connectivity index is 1.59. The molecular formula is C17H26N2OS. The smallest absolute Gasteiger partial charge is 0.224 e. The molecule has 0 saturated carbocycles. The van der Waals surface area contributed by atoms with Crippen molar-refractivity contribution in [1.82, 2.24) is 10.2 Å². The maximum absolute atomic E-state index is 12.1. The number of carbonyl (C=O) groups is 1. The van der Waals surface area contributed by atoms with Crippen molar-refractivity contribution >= 4 is 17.7 Å². The Morgan fingerprint density at radius 3 is 2.86 bits per heavy atom. The van der Waals surface area contributed by atoms with E-state index in [4.69, 9.17) is 0 Å². The van der Waals surface area contributed by atoms with Crippen LogP contribution in [0.4, 0.5) is 0 Å². The second kappa shape index (κ2) is 8.44. The van der Waals surface area contributed by atoms with Gasteiger partial charge in [-0.3, -0.25) is 4.79 Å². The van der Waals surface area contributed by atoms with Crippen LogP contribution in [0.3, 0.4) is 0 Å². The highest BCUT2D eigenvalue weighted by atomic mass is 32.2. The highest BCUT2D eigenvalue weighted by Crippen LogP contribution is 2.19. The van der Waals surface area contributed by atoms with Gasteiger partial charge >= 0.3 is 0 Å². The van der Waals surface area contributed by atoms with Crippen molar-refractivity contribution in [3.63, 3.8) is 0 Å². The van der Waals surface area contributed by atoms with Gasteiger partial charge < -0.3 is 10.2 Å². The molecule has 1 aromatic rings. The zero-order valence-electron chi connectivity index (χ0n) is 13.1. The van der Waals surface area contributed by atoms with Gasteiger partial charge in [-0.05, 0) is 57.7 Å². The fraction of sp³-hybridized carbons (Fsp3) is 0.588. The number of likely N-dealkylation sites (tertiary alicyclic amines) is 1. The van der Waals surface area contributed by atoms with Gasteiger partial charge in [0, 0.05) is 18.0 Å². The first-order valence-electron chi connectivity index (χ1n) is 7.81. The SMILES string of the molecule is Cc1ccc(SCCCNC(=O)[C@H]2CCCN(C)C2)cc1. The van der Waals surface area contributed by atoms with E-state index in [1.807, 2.05) is 11.8 Å². The van der Waals surface area contributed by atoms with E-state index in [1.54, 1.807) is 0 Å². The molecule has 0 spiro atoms. The van der Waals surface area contributed by atoms with Gasteiger partial charge in [0.1, 0.15) is 0 Å². The summed E-state index contributed by atoms with van der Waals surface area (Å²) >= 11 is 1.86. The number of piperidine rings is 1. The summed E-state index contributed by atoms with van der Waals surface area (Å²) in [5.41, 5.74) is 1.30. The Labute approximate surface area is 132 Å². The number of rotatable bonds is 6. The van der Waals surface area contributed by atoms with Crippen LogP contribution in [0.15, 0.2) is 29.2 Å². The van der Waals surface area contributed by atoms with E-state index in [1.165, 1.54) is 10.5 Å².